The summed E-state index contributed by atoms with van der Waals surface area (Å²) in [5.74, 6) is -0.193. The zero-order valence-corrected chi connectivity index (χ0v) is 18.1. The summed E-state index contributed by atoms with van der Waals surface area (Å²) in [6.07, 6.45) is 0.910. The minimum absolute atomic E-state index is 0.193. The van der Waals surface area contributed by atoms with Crippen LogP contribution in [-0.4, -0.2) is 12.5 Å². The number of amides is 1. The molecule has 31 heavy (non-hydrogen) atoms. The molecule has 4 aromatic rings. The van der Waals surface area contributed by atoms with Gasteiger partial charge < -0.3 is 10.2 Å². The number of rotatable bonds is 4. The van der Waals surface area contributed by atoms with Gasteiger partial charge in [0.05, 0.1) is 16.6 Å². The number of carbonyl (C=O) groups excluding carboxylic acids is 1. The van der Waals surface area contributed by atoms with Gasteiger partial charge in [-0.2, -0.15) is 0 Å². The van der Waals surface area contributed by atoms with Gasteiger partial charge in [0.1, 0.15) is 0 Å². The quantitative estimate of drug-likeness (QED) is 0.386. The highest BCUT2D eigenvalue weighted by Crippen LogP contribution is 2.43. The van der Waals surface area contributed by atoms with Gasteiger partial charge in [-0.05, 0) is 65.6 Å². The lowest BCUT2D eigenvalue weighted by Crippen LogP contribution is -2.24. The van der Waals surface area contributed by atoms with Gasteiger partial charge in [0.2, 0.25) is 0 Å². The van der Waals surface area contributed by atoms with Crippen molar-refractivity contribution < 1.29 is 4.79 Å². The molecule has 1 unspecified atom stereocenters. The van der Waals surface area contributed by atoms with Gasteiger partial charge in [-0.1, -0.05) is 66.2 Å². The number of benzene rings is 4. The lowest BCUT2D eigenvalue weighted by Gasteiger charge is -2.27. The Morgan fingerprint density at radius 3 is 2.61 bits per heavy atom. The molecule has 154 valence electrons. The number of fused-ring (bicyclic) bond motifs is 2. The first-order valence-electron chi connectivity index (χ1n) is 10.6. The second-order valence-corrected chi connectivity index (χ2v) is 8.26. The second kappa shape index (κ2) is 8.09. The van der Waals surface area contributed by atoms with E-state index in [4.69, 9.17) is 11.6 Å². The van der Waals surface area contributed by atoms with Crippen molar-refractivity contribution in [1.29, 1.82) is 0 Å². The molecular weight excluding hydrogens is 404 g/mol. The molecule has 4 heteroatoms. The second-order valence-electron chi connectivity index (χ2n) is 7.85. The number of anilines is 2. The van der Waals surface area contributed by atoms with Crippen molar-refractivity contribution in [2.24, 2.45) is 0 Å². The molecule has 0 aliphatic carbocycles. The highest BCUT2D eigenvalue weighted by Gasteiger charge is 2.30. The monoisotopic (exact) mass is 426 g/mol. The minimum Gasteiger partial charge on any atom is -0.364 e. The SMILES string of the molecule is CCN1c2ccc(NC(=O)c3ccccc3Cl)cc2CC1c1cccc2ccccc12. The van der Waals surface area contributed by atoms with Crippen molar-refractivity contribution in [2.45, 2.75) is 19.4 Å². The van der Waals surface area contributed by atoms with Crippen LogP contribution in [-0.2, 0) is 6.42 Å². The van der Waals surface area contributed by atoms with Gasteiger partial charge in [0, 0.05) is 17.9 Å². The Hall–Kier alpha value is -3.30. The fourth-order valence-electron chi connectivity index (χ4n) is 4.65. The third-order valence-electron chi connectivity index (χ3n) is 6.08. The normalized spacial score (nSPS) is 15.2. The first kappa shape index (κ1) is 19.7. The van der Waals surface area contributed by atoms with Crippen LogP contribution in [0.2, 0.25) is 5.02 Å². The Labute approximate surface area is 187 Å². The Balaban J connectivity index is 1.46. The lowest BCUT2D eigenvalue weighted by molar-refractivity contribution is 0.102. The van der Waals surface area contributed by atoms with Crippen LogP contribution < -0.4 is 10.2 Å². The summed E-state index contributed by atoms with van der Waals surface area (Å²) >= 11 is 6.18. The minimum atomic E-state index is -0.193. The largest absolute Gasteiger partial charge is 0.364 e. The van der Waals surface area contributed by atoms with E-state index in [1.165, 1.54) is 27.6 Å². The first-order chi connectivity index (χ1) is 15.2. The molecule has 1 N–H and O–H groups in total. The number of nitrogens with zero attached hydrogens (tertiary/aromatic N) is 1. The summed E-state index contributed by atoms with van der Waals surface area (Å²) in [4.78, 5) is 15.1. The Bertz CT molecular complexity index is 1280. The Morgan fingerprint density at radius 1 is 1.00 bits per heavy atom. The molecule has 5 rings (SSSR count). The predicted molar refractivity (Wildman–Crippen MR) is 129 cm³/mol. The molecule has 1 aliphatic rings. The molecule has 0 spiro atoms. The fourth-order valence-corrected chi connectivity index (χ4v) is 4.87. The average molecular weight is 427 g/mol. The molecule has 0 bridgehead atoms. The molecule has 0 fully saturated rings. The number of hydrogen-bond donors (Lipinski definition) is 1. The fraction of sp³-hybridized carbons (Fsp3) is 0.148. The van der Waals surface area contributed by atoms with Crippen LogP contribution in [0.15, 0.2) is 84.9 Å². The number of likely N-dealkylation sites (N-methyl/N-ethyl adjacent to an activating group) is 1. The van der Waals surface area contributed by atoms with Crippen molar-refractivity contribution >= 4 is 39.7 Å². The smallest absolute Gasteiger partial charge is 0.257 e. The van der Waals surface area contributed by atoms with Gasteiger partial charge in [-0.3, -0.25) is 4.79 Å². The van der Waals surface area contributed by atoms with E-state index in [1.807, 2.05) is 18.2 Å². The van der Waals surface area contributed by atoms with Crippen molar-refractivity contribution in [1.82, 2.24) is 0 Å². The first-order valence-corrected chi connectivity index (χ1v) is 11.0. The average Bonchev–Trinajstić information content (AvgIpc) is 3.16. The molecule has 0 saturated carbocycles. The van der Waals surface area contributed by atoms with E-state index >= 15 is 0 Å². The van der Waals surface area contributed by atoms with E-state index in [1.54, 1.807) is 12.1 Å². The van der Waals surface area contributed by atoms with E-state index in [0.29, 0.717) is 10.6 Å². The summed E-state index contributed by atoms with van der Waals surface area (Å²) in [6, 6.07) is 28.7. The molecular formula is C27H23ClN2O. The number of hydrogen-bond acceptors (Lipinski definition) is 2. The molecule has 4 aromatic carbocycles. The molecule has 0 radical (unpaired) electrons. The predicted octanol–water partition coefficient (Wildman–Crippen LogP) is 6.87. The van der Waals surface area contributed by atoms with E-state index in [0.717, 1.165) is 18.7 Å². The maximum absolute atomic E-state index is 12.7. The molecule has 0 saturated heterocycles. The van der Waals surface area contributed by atoms with E-state index in [9.17, 15) is 4.79 Å². The summed E-state index contributed by atoms with van der Waals surface area (Å²) in [6.45, 7) is 3.12. The maximum atomic E-state index is 12.7. The van der Waals surface area contributed by atoms with Crippen molar-refractivity contribution in [3.05, 3.63) is 107 Å². The molecule has 0 aromatic heterocycles. The van der Waals surface area contributed by atoms with Gasteiger partial charge in [-0.25, -0.2) is 0 Å². The van der Waals surface area contributed by atoms with E-state index in [2.05, 4.69) is 71.7 Å². The molecule has 3 nitrogen and oxygen atoms in total. The summed E-state index contributed by atoms with van der Waals surface area (Å²) in [5, 5.41) is 6.02. The van der Waals surface area contributed by atoms with Crippen LogP contribution in [0.25, 0.3) is 10.8 Å². The highest BCUT2D eigenvalue weighted by atomic mass is 35.5. The van der Waals surface area contributed by atoms with Gasteiger partial charge in [0.15, 0.2) is 0 Å². The zero-order chi connectivity index (χ0) is 21.4. The topological polar surface area (TPSA) is 32.3 Å². The van der Waals surface area contributed by atoms with Gasteiger partial charge in [0.25, 0.3) is 5.91 Å². The van der Waals surface area contributed by atoms with Crippen LogP contribution >= 0.6 is 11.6 Å². The molecule has 1 aliphatic heterocycles. The third kappa shape index (κ3) is 3.55. The molecule has 1 heterocycles. The van der Waals surface area contributed by atoms with Crippen LogP contribution in [0, 0.1) is 0 Å². The number of carbonyl (C=O) groups is 1. The maximum Gasteiger partial charge on any atom is 0.257 e. The van der Waals surface area contributed by atoms with Gasteiger partial charge in [-0.15, -0.1) is 0 Å². The number of nitrogens with one attached hydrogen (secondary N) is 1. The van der Waals surface area contributed by atoms with Crippen molar-refractivity contribution in [3.63, 3.8) is 0 Å². The zero-order valence-electron chi connectivity index (χ0n) is 17.3. The summed E-state index contributed by atoms with van der Waals surface area (Å²) < 4.78 is 0. The van der Waals surface area contributed by atoms with Crippen LogP contribution in [0.3, 0.4) is 0 Å². The third-order valence-corrected chi connectivity index (χ3v) is 6.41. The van der Waals surface area contributed by atoms with E-state index in [-0.39, 0.29) is 11.9 Å². The Morgan fingerprint density at radius 2 is 1.77 bits per heavy atom. The highest BCUT2D eigenvalue weighted by molar-refractivity contribution is 6.34. The lowest BCUT2D eigenvalue weighted by atomic mass is 9.96. The van der Waals surface area contributed by atoms with Crippen molar-refractivity contribution in [3.8, 4) is 0 Å². The van der Waals surface area contributed by atoms with Crippen LogP contribution in [0.4, 0.5) is 11.4 Å². The standard InChI is InChI=1S/C27H23ClN2O/c1-2-30-25-15-14-20(29-27(31)23-11-5-6-13-24(23)28)16-19(25)17-26(30)22-12-7-9-18-8-3-4-10-21(18)22/h3-16,26H,2,17H2,1H3,(H,29,31). The summed E-state index contributed by atoms with van der Waals surface area (Å²) in [5.41, 5.74) is 5.09. The van der Waals surface area contributed by atoms with Crippen molar-refractivity contribution in [2.75, 3.05) is 16.8 Å². The van der Waals surface area contributed by atoms with Gasteiger partial charge >= 0.3 is 0 Å². The molecule has 1 atom stereocenters. The Kier molecular flexibility index (Phi) is 5.13. The summed E-state index contributed by atoms with van der Waals surface area (Å²) in [7, 11) is 0. The molecule has 1 amide bonds. The van der Waals surface area contributed by atoms with Crippen LogP contribution in [0.1, 0.15) is 34.5 Å². The van der Waals surface area contributed by atoms with Crippen LogP contribution in [0.5, 0.6) is 0 Å². The number of halogens is 1. The van der Waals surface area contributed by atoms with E-state index < -0.39 is 0 Å².